The van der Waals surface area contributed by atoms with E-state index in [-0.39, 0.29) is 0 Å². The molecule has 0 spiro atoms. The van der Waals surface area contributed by atoms with Crippen molar-refractivity contribution >= 4 is 16.7 Å². The average Bonchev–Trinajstić information content (AvgIpc) is 2.73. The van der Waals surface area contributed by atoms with Gasteiger partial charge in [-0.15, -0.1) is 0 Å². The molecule has 16 heavy (non-hydrogen) atoms. The Balaban J connectivity index is 2.09. The van der Waals surface area contributed by atoms with Crippen LogP contribution in [0.1, 0.15) is 27.2 Å². The summed E-state index contributed by atoms with van der Waals surface area (Å²) in [5, 5.41) is 3.46. The van der Waals surface area contributed by atoms with Crippen LogP contribution >= 0.6 is 0 Å². The maximum absolute atomic E-state index is 4.25. The normalized spacial score (nSPS) is 11.9. The molecule has 3 heteroatoms. The summed E-state index contributed by atoms with van der Waals surface area (Å²) >= 11 is 0. The van der Waals surface area contributed by atoms with Crippen molar-refractivity contribution in [3.05, 3.63) is 24.5 Å². The fraction of sp³-hybridized carbons (Fsp3) is 0.462. The van der Waals surface area contributed by atoms with Crippen LogP contribution in [0, 0.1) is 5.41 Å². The number of nitrogens with zero attached hydrogens (tertiary/aromatic N) is 1. The summed E-state index contributed by atoms with van der Waals surface area (Å²) < 4.78 is 0. The van der Waals surface area contributed by atoms with Crippen molar-refractivity contribution < 1.29 is 0 Å². The third kappa shape index (κ3) is 2.35. The van der Waals surface area contributed by atoms with Gasteiger partial charge in [0.2, 0.25) is 0 Å². The Kier molecular flexibility index (Phi) is 2.86. The van der Waals surface area contributed by atoms with Crippen molar-refractivity contribution in [3.63, 3.8) is 0 Å². The number of fused-ring (bicyclic) bond motifs is 1. The maximum Gasteiger partial charge on any atom is 0.0931 e. The molecule has 2 N–H and O–H groups in total. The number of imidazole rings is 1. The molecule has 0 radical (unpaired) electrons. The van der Waals surface area contributed by atoms with Gasteiger partial charge < -0.3 is 10.3 Å². The zero-order valence-corrected chi connectivity index (χ0v) is 10.2. The summed E-state index contributed by atoms with van der Waals surface area (Å²) in [6.07, 6.45) is 2.90. The maximum atomic E-state index is 4.25. The van der Waals surface area contributed by atoms with Crippen LogP contribution in [0.15, 0.2) is 24.5 Å². The summed E-state index contributed by atoms with van der Waals surface area (Å²) in [6, 6.07) is 6.23. The second-order valence-electron chi connectivity index (χ2n) is 5.01. The Morgan fingerprint density at radius 1 is 1.38 bits per heavy atom. The van der Waals surface area contributed by atoms with Crippen LogP contribution in [0.5, 0.6) is 0 Å². The average molecular weight is 217 g/mol. The van der Waals surface area contributed by atoms with E-state index in [1.54, 1.807) is 6.33 Å². The van der Waals surface area contributed by atoms with Crippen molar-refractivity contribution in [1.82, 2.24) is 9.97 Å². The first-order valence-electron chi connectivity index (χ1n) is 5.78. The van der Waals surface area contributed by atoms with E-state index in [4.69, 9.17) is 0 Å². The lowest BCUT2D eigenvalue weighted by molar-refractivity contribution is 0.377. The summed E-state index contributed by atoms with van der Waals surface area (Å²) in [5.74, 6) is 0. The molecule has 0 aliphatic rings. The highest BCUT2D eigenvalue weighted by Gasteiger charge is 2.14. The summed E-state index contributed by atoms with van der Waals surface area (Å²) in [7, 11) is 0. The molecule has 0 atom stereocenters. The molecule has 0 saturated heterocycles. The van der Waals surface area contributed by atoms with Crippen LogP contribution in [-0.4, -0.2) is 16.5 Å². The molecular formula is C13H19N3. The molecule has 0 aliphatic carbocycles. The van der Waals surface area contributed by atoms with Crippen LogP contribution in [0.3, 0.4) is 0 Å². The third-order valence-electron chi connectivity index (χ3n) is 3.15. The number of hydrogen-bond acceptors (Lipinski definition) is 2. The van der Waals surface area contributed by atoms with Gasteiger partial charge in [0.15, 0.2) is 0 Å². The van der Waals surface area contributed by atoms with Gasteiger partial charge in [-0.1, -0.05) is 20.8 Å². The fourth-order valence-electron chi connectivity index (χ4n) is 1.51. The summed E-state index contributed by atoms with van der Waals surface area (Å²) in [4.78, 5) is 7.34. The van der Waals surface area contributed by atoms with Gasteiger partial charge in [0, 0.05) is 12.2 Å². The highest BCUT2D eigenvalue weighted by Crippen LogP contribution is 2.22. The second-order valence-corrected chi connectivity index (χ2v) is 5.01. The number of H-pyrrole nitrogens is 1. The molecule has 1 heterocycles. The van der Waals surface area contributed by atoms with E-state index in [0.29, 0.717) is 5.41 Å². The molecular weight excluding hydrogens is 198 g/mol. The molecule has 1 aromatic heterocycles. The Morgan fingerprint density at radius 2 is 2.19 bits per heavy atom. The SMILES string of the molecule is CCC(C)(C)CNc1ccc2[nH]cnc2c1. The van der Waals surface area contributed by atoms with Gasteiger partial charge in [-0.25, -0.2) is 4.98 Å². The van der Waals surface area contributed by atoms with Crippen LogP contribution in [0.25, 0.3) is 11.0 Å². The fourth-order valence-corrected chi connectivity index (χ4v) is 1.51. The van der Waals surface area contributed by atoms with Crippen LogP contribution < -0.4 is 5.32 Å². The van der Waals surface area contributed by atoms with E-state index in [1.807, 2.05) is 0 Å². The van der Waals surface area contributed by atoms with Crippen molar-refractivity contribution in [2.75, 3.05) is 11.9 Å². The molecule has 0 amide bonds. The van der Waals surface area contributed by atoms with Crippen LogP contribution in [0.4, 0.5) is 5.69 Å². The van der Waals surface area contributed by atoms with Crippen molar-refractivity contribution in [2.45, 2.75) is 27.2 Å². The summed E-state index contributed by atoms with van der Waals surface area (Å²) in [6.45, 7) is 7.75. The first kappa shape index (κ1) is 11.0. The minimum atomic E-state index is 0.334. The van der Waals surface area contributed by atoms with E-state index < -0.39 is 0 Å². The topological polar surface area (TPSA) is 40.7 Å². The monoisotopic (exact) mass is 217 g/mol. The highest BCUT2D eigenvalue weighted by molar-refractivity contribution is 5.78. The number of rotatable bonds is 4. The molecule has 86 valence electrons. The van der Waals surface area contributed by atoms with Gasteiger partial charge in [0.05, 0.1) is 17.4 Å². The van der Waals surface area contributed by atoms with Crippen molar-refractivity contribution in [2.24, 2.45) is 5.41 Å². The smallest absolute Gasteiger partial charge is 0.0931 e. The first-order valence-corrected chi connectivity index (χ1v) is 5.78. The van der Waals surface area contributed by atoms with Gasteiger partial charge in [-0.2, -0.15) is 0 Å². The van der Waals surface area contributed by atoms with Gasteiger partial charge in [-0.05, 0) is 30.0 Å². The molecule has 2 rings (SSSR count). The predicted molar refractivity (Wildman–Crippen MR) is 68.7 cm³/mol. The molecule has 0 aliphatic heterocycles. The Bertz CT molecular complexity index is 471. The third-order valence-corrected chi connectivity index (χ3v) is 3.15. The van der Waals surface area contributed by atoms with Crippen LogP contribution in [-0.2, 0) is 0 Å². The van der Waals surface area contributed by atoms with Gasteiger partial charge >= 0.3 is 0 Å². The quantitative estimate of drug-likeness (QED) is 0.824. The molecule has 0 fully saturated rings. The summed E-state index contributed by atoms with van der Waals surface area (Å²) in [5.41, 5.74) is 3.57. The molecule has 2 aromatic rings. The number of nitrogens with one attached hydrogen (secondary N) is 2. The van der Waals surface area contributed by atoms with E-state index in [9.17, 15) is 0 Å². The number of aromatic amines is 1. The number of anilines is 1. The lowest BCUT2D eigenvalue weighted by Crippen LogP contribution is -2.21. The molecule has 0 saturated carbocycles. The van der Waals surface area contributed by atoms with Gasteiger partial charge in [-0.3, -0.25) is 0 Å². The number of aromatic nitrogens is 2. The lowest BCUT2D eigenvalue weighted by atomic mass is 9.90. The largest absolute Gasteiger partial charge is 0.384 e. The Morgan fingerprint density at radius 3 is 2.94 bits per heavy atom. The zero-order chi connectivity index (χ0) is 11.6. The van der Waals surface area contributed by atoms with Gasteiger partial charge in [0.25, 0.3) is 0 Å². The van der Waals surface area contributed by atoms with E-state index in [2.05, 4.69) is 54.3 Å². The van der Waals surface area contributed by atoms with Crippen LogP contribution in [0.2, 0.25) is 0 Å². The Hall–Kier alpha value is -1.51. The molecule has 0 bridgehead atoms. The van der Waals surface area contributed by atoms with Crippen molar-refractivity contribution in [3.8, 4) is 0 Å². The first-order chi connectivity index (χ1) is 7.61. The zero-order valence-electron chi connectivity index (χ0n) is 10.2. The second kappa shape index (κ2) is 4.16. The molecule has 3 nitrogen and oxygen atoms in total. The standard InChI is InChI=1S/C13H19N3/c1-4-13(2,3)8-14-10-5-6-11-12(7-10)16-9-15-11/h5-7,9,14H,4,8H2,1-3H3,(H,15,16). The van der Waals surface area contributed by atoms with Gasteiger partial charge in [0.1, 0.15) is 0 Å². The lowest BCUT2D eigenvalue weighted by Gasteiger charge is -2.23. The highest BCUT2D eigenvalue weighted by atomic mass is 14.9. The van der Waals surface area contributed by atoms with E-state index in [1.165, 1.54) is 6.42 Å². The Labute approximate surface area is 96.3 Å². The molecule has 1 aromatic carbocycles. The number of hydrogen-bond donors (Lipinski definition) is 2. The minimum absolute atomic E-state index is 0.334. The minimum Gasteiger partial charge on any atom is -0.384 e. The number of benzene rings is 1. The van der Waals surface area contributed by atoms with Crippen molar-refractivity contribution in [1.29, 1.82) is 0 Å². The molecule has 0 unspecified atom stereocenters. The van der Waals surface area contributed by atoms with E-state index >= 15 is 0 Å². The van der Waals surface area contributed by atoms with E-state index in [0.717, 1.165) is 23.3 Å². The predicted octanol–water partition coefficient (Wildman–Crippen LogP) is 3.41.